The quantitative estimate of drug-likeness (QED) is 0.448. The van der Waals surface area contributed by atoms with E-state index in [1.807, 2.05) is 30.3 Å². The van der Waals surface area contributed by atoms with Crippen LogP contribution in [-0.4, -0.2) is 16.2 Å². The summed E-state index contributed by atoms with van der Waals surface area (Å²) < 4.78 is 18.9. The number of benzene rings is 3. The van der Waals surface area contributed by atoms with Crippen LogP contribution >= 0.6 is 11.6 Å². The Labute approximate surface area is 176 Å². The molecule has 0 saturated heterocycles. The first kappa shape index (κ1) is 19.6. The van der Waals surface area contributed by atoms with Gasteiger partial charge < -0.3 is 15.1 Å². The predicted octanol–water partition coefficient (Wildman–Crippen LogP) is 5.44. The molecule has 30 heavy (non-hydrogen) atoms. The zero-order chi connectivity index (χ0) is 20.9. The van der Waals surface area contributed by atoms with Gasteiger partial charge in [-0.15, -0.1) is 10.2 Å². The van der Waals surface area contributed by atoms with Gasteiger partial charge in [0.05, 0.1) is 0 Å². The Hall–Kier alpha value is -3.71. The molecule has 4 aromatic rings. The maximum absolute atomic E-state index is 13.1. The molecule has 0 radical (unpaired) electrons. The second kappa shape index (κ2) is 8.75. The van der Waals surface area contributed by atoms with Crippen LogP contribution in [0.2, 0.25) is 5.02 Å². The summed E-state index contributed by atoms with van der Waals surface area (Å²) in [5.74, 6) is 0.146. The van der Waals surface area contributed by atoms with E-state index < -0.39 is 12.1 Å². The minimum atomic E-state index is -0.680. The van der Waals surface area contributed by atoms with Gasteiger partial charge in [-0.25, -0.2) is 9.18 Å². The Balaban J connectivity index is 1.58. The standard InChI is InChI=1S/C22H16ClFN4O2/c23-16-8-6-15(7-9-16)20-27-28-21(30-20)19(14-4-2-1-3-5-14)26-22(29)25-18-12-10-17(24)11-13-18/h1-13,19H,(H2,25,26,29)/t19-/m0/s1. The van der Waals surface area contributed by atoms with Gasteiger partial charge in [-0.3, -0.25) is 0 Å². The third-order valence-electron chi connectivity index (χ3n) is 4.29. The third-order valence-corrected chi connectivity index (χ3v) is 4.54. The molecule has 1 heterocycles. The van der Waals surface area contributed by atoms with Crippen molar-refractivity contribution in [3.63, 3.8) is 0 Å². The summed E-state index contributed by atoms with van der Waals surface area (Å²) in [6.07, 6.45) is 0. The number of urea groups is 1. The van der Waals surface area contributed by atoms with E-state index in [1.165, 1.54) is 24.3 Å². The van der Waals surface area contributed by atoms with Crippen LogP contribution in [0.3, 0.4) is 0 Å². The maximum Gasteiger partial charge on any atom is 0.320 e. The predicted molar refractivity (Wildman–Crippen MR) is 112 cm³/mol. The van der Waals surface area contributed by atoms with Crippen LogP contribution in [0.25, 0.3) is 11.5 Å². The van der Waals surface area contributed by atoms with Crippen molar-refractivity contribution in [2.24, 2.45) is 0 Å². The van der Waals surface area contributed by atoms with Gasteiger partial charge in [-0.2, -0.15) is 0 Å². The van der Waals surface area contributed by atoms with Crippen molar-refractivity contribution in [2.45, 2.75) is 6.04 Å². The van der Waals surface area contributed by atoms with E-state index in [0.717, 1.165) is 5.56 Å². The molecule has 1 atom stereocenters. The molecule has 0 spiro atoms. The average Bonchev–Trinajstić information content (AvgIpc) is 3.25. The van der Waals surface area contributed by atoms with Crippen molar-refractivity contribution in [1.29, 1.82) is 0 Å². The fourth-order valence-corrected chi connectivity index (χ4v) is 2.95. The molecule has 150 valence electrons. The number of carbonyl (C=O) groups excluding carboxylic acids is 1. The van der Waals surface area contributed by atoms with E-state index in [4.69, 9.17) is 16.0 Å². The van der Waals surface area contributed by atoms with Gasteiger partial charge in [-0.1, -0.05) is 41.9 Å². The van der Waals surface area contributed by atoms with Gasteiger partial charge in [0.25, 0.3) is 0 Å². The number of aromatic nitrogens is 2. The minimum Gasteiger partial charge on any atom is -0.418 e. The number of rotatable bonds is 5. The second-order valence-corrected chi connectivity index (χ2v) is 6.84. The fourth-order valence-electron chi connectivity index (χ4n) is 2.82. The molecule has 0 aliphatic carbocycles. The lowest BCUT2D eigenvalue weighted by Crippen LogP contribution is -2.33. The van der Waals surface area contributed by atoms with Crippen molar-refractivity contribution >= 4 is 23.3 Å². The highest BCUT2D eigenvalue weighted by Gasteiger charge is 2.23. The summed E-state index contributed by atoms with van der Waals surface area (Å²) in [5.41, 5.74) is 1.92. The van der Waals surface area contributed by atoms with E-state index in [9.17, 15) is 9.18 Å². The molecule has 8 heteroatoms. The van der Waals surface area contributed by atoms with Gasteiger partial charge in [0.2, 0.25) is 11.8 Å². The number of carbonyl (C=O) groups is 1. The molecule has 0 saturated carbocycles. The van der Waals surface area contributed by atoms with Crippen LogP contribution in [0, 0.1) is 5.82 Å². The molecular formula is C22H16ClFN4O2. The molecule has 0 fully saturated rings. The molecular weight excluding hydrogens is 407 g/mol. The lowest BCUT2D eigenvalue weighted by Gasteiger charge is -2.16. The number of nitrogens with zero attached hydrogens (tertiary/aromatic N) is 2. The highest BCUT2D eigenvalue weighted by molar-refractivity contribution is 6.30. The van der Waals surface area contributed by atoms with Gasteiger partial charge in [0.1, 0.15) is 11.9 Å². The van der Waals surface area contributed by atoms with Gasteiger partial charge in [0, 0.05) is 16.3 Å². The Morgan fingerprint density at radius 2 is 1.63 bits per heavy atom. The highest BCUT2D eigenvalue weighted by Crippen LogP contribution is 2.26. The number of hydrogen-bond donors (Lipinski definition) is 2. The van der Waals surface area contributed by atoms with E-state index >= 15 is 0 Å². The van der Waals surface area contributed by atoms with Crippen molar-refractivity contribution in [3.05, 3.63) is 101 Å². The first-order valence-electron chi connectivity index (χ1n) is 9.06. The van der Waals surface area contributed by atoms with E-state index in [2.05, 4.69) is 20.8 Å². The number of anilines is 1. The van der Waals surface area contributed by atoms with Crippen molar-refractivity contribution in [1.82, 2.24) is 15.5 Å². The lowest BCUT2D eigenvalue weighted by atomic mass is 10.1. The summed E-state index contributed by atoms with van der Waals surface area (Å²) in [4.78, 5) is 12.5. The van der Waals surface area contributed by atoms with Crippen LogP contribution in [0.5, 0.6) is 0 Å². The summed E-state index contributed by atoms with van der Waals surface area (Å²) in [6, 6.07) is 20.5. The molecule has 2 amide bonds. The lowest BCUT2D eigenvalue weighted by molar-refractivity contribution is 0.248. The van der Waals surface area contributed by atoms with Crippen LogP contribution in [0.4, 0.5) is 14.9 Å². The molecule has 1 aromatic heterocycles. The fraction of sp³-hybridized carbons (Fsp3) is 0.0455. The van der Waals surface area contributed by atoms with Crippen LogP contribution in [0.15, 0.2) is 83.3 Å². The molecule has 0 bridgehead atoms. The van der Waals surface area contributed by atoms with E-state index in [-0.39, 0.29) is 11.7 Å². The Kier molecular flexibility index (Phi) is 5.72. The minimum absolute atomic E-state index is 0.223. The van der Waals surface area contributed by atoms with Gasteiger partial charge in [-0.05, 0) is 54.1 Å². The molecule has 2 N–H and O–H groups in total. The number of hydrogen-bond acceptors (Lipinski definition) is 4. The molecule has 0 unspecified atom stereocenters. The maximum atomic E-state index is 13.1. The van der Waals surface area contributed by atoms with Gasteiger partial charge in [0.15, 0.2) is 0 Å². The first-order chi connectivity index (χ1) is 14.6. The van der Waals surface area contributed by atoms with Crippen molar-refractivity contribution in [3.8, 4) is 11.5 Å². The number of halogens is 2. The Morgan fingerprint density at radius 3 is 2.33 bits per heavy atom. The van der Waals surface area contributed by atoms with E-state index in [1.54, 1.807) is 24.3 Å². The van der Waals surface area contributed by atoms with Crippen molar-refractivity contribution < 1.29 is 13.6 Å². The zero-order valence-electron chi connectivity index (χ0n) is 15.5. The number of amides is 2. The summed E-state index contributed by atoms with van der Waals surface area (Å²) in [5, 5.41) is 14.3. The van der Waals surface area contributed by atoms with Crippen molar-refractivity contribution in [2.75, 3.05) is 5.32 Å². The largest absolute Gasteiger partial charge is 0.418 e. The molecule has 4 rings (SSSR count). The Bertz CT molecular complexity index is 1130. The monoisotopic (exact) mass is 422 g/mol. The summed E-state index contributed by atoms with van der Waals surface area (Å²) >= 11 is 5.93. The summed E-state index contributed by atoms with van der Waals surface area (Å²) in [6.45, 7) is 0. The molecule has 3 aromatic carbocycles. The van der Waals surface area contributed by atoms with Crippen LogP contribution < -0.4 is 10.6 Å². The highest BCUT2D eigenvalue weighted by atomic mass is 35.5. The molecule has 0 aliphatic rings. The zero-order valence-corrected chi connectivity index (χ0v) is 16.3. The Morgan fingerprint density at radius 1 is 0.933 bits per heavy atom. The normalized spacial score (nSPS) is 11.7. The summed E-state index contributed by atoms with van der Waals surface area (Å²) in [7, 11) is 0. The average molecular weight is 423 g/mol. The number of nitrogens with one attached hydrogen (secondary N) is 2. The first-order valence-corrected chi connectivity index (χ1v) is 9.43. The van der Waals surface area contributed by atoms with E-state index in [0.29, 0.717) is 22.2 Å². The third kappa shape index (κ3) is 4.64. The van der Waals surface area contributed by atoms with Crippen LogP contribution in [-0.2, 0) is 0 Å². The second-order valence-electron chi connectivity index (χ2n) is 6.40. The van der Waals surface area contributed by atoms with Crippen LogP contribution in [0.1, 0.15) is 17.5 Å². The van der Waals surface area contributed by atoms with Gasteiger partial charge >= 0.3 is 6.03 Å². The molecule has 0 aliphatic heterocycles. The smallest absolute Gasteiger partial charge is 0.320 e. The molecule has 6 nitrogen and oxygen atoms in total. The SMILES string of the molecule is O=C(Nc1ccc(F)cc1)N[C@@H](c1ccccc1)c1nnc(-c2ccc(Cl)cc2)o1. The topological polar surface area (TPSA) is 80.0 Å².